The zero-order chi connectivity index (χ0) is 11.8. The molecule has 0 amide bonds. The Morgan fingerprint density at radius 2 is 1.88 bits per heavy atom. The molecule has 1 aromatic carbocycles. The smallest absolute Gasteiger partial charge is 0.144 e. The van der Waals surface area contributed by atoms with Crippen molar-refractivity contribution in [1.29, 1.82) is 0 Å². The number of aromatic nitrogens is 2. The van der Waals surface area contributed by atoms with Crippen molar-refractivity contribution in [3.63, 3.8) is 0 Å². The number of pyridine rings is 1. The maximum absolute atomic E-state index is 12.9. The summed E-state index contributed by atoms with van der Waals surface area (Å²) in [6, 6.07) is 9.93. The minimum atomic E-state index is -0.255. The van der Waals surface area contributed by atoms with Crippen molar-refractivity contribution >= 4 is 11.2 Å². The highest BCUT2D eigenvalue weighted by Gasteiger charge is 2.07. The van der Waals surface area contributed by atoms with Crippen LogP contribution in [0.1, 0.15) is 0 Å². The van der Waals surface area contributed by atoms with Crippen LogP contribution in [0, 0.1) is 5.82 Å². The summed E-state index contributed by atoms with van der Waals surface area (Å²) in [7, 11) is 0. The molecule has 0 bridgehead atoms. The molecule has 0 atom stereocenters. The van der Waals surface area contributed by atoms with Gasteiger partial charge in [0, 0.05) is 11.8 Å². The minimum absolute atomic E-state index is 0.255. The van der Waals surface area contributed by atoms with E-state index in [1.54, 1.807) is 18.3 Å². The van der Waals surface area contributed by atoms with E-state index in [-0.39, 0.29) is 5.82 Å². The van der Waals surface area contributed by atoms with Gasteiger partial charge < -0.3 is 5.73 Å². The van der Waals surface area contributed by atoms with E-state index in [1.807, 2.05) is 22.7 Å². The van der Waals surface area contributed by atoms with Crippen LogP contribution in [0.15, 0.2) is 48.8 Å². The van der Waals surface area contributed by atoms with Crippen molar-refractivity contribution in [1.82, 2.24) is 9.38 Å². The lowest BCUT2D eigenvalue weighted by Gasteiger charge is -2.02. The number of nitrogens with zero attached hydrogens (tertiary/aromatic N) is 2. The Morgan fingerprint density at radius 1 is 1.12 bits per heavy atom. The second kappa shape index (κ2) is 3.59. The molecule has 0 fully saturated rings. The molecule has 0 radical (unpaired) electrons. The van der Waals surface area contributed by atoms with Gasteiger partial charge in [-0.1, -0.05) is 0 Å². The van der Waals surface area contributed by atoms with E-state index in [2.05, 4.69) is 4.98 Å². The molecule has 3 nitrogen and oxygen atoms in total. The fourth-order valence-corrected chi connectivity index (χ4v) is 1.86. The summed E-state index contributed by atoms with van der Waals surface area (Å²) in [5.74, 6) is 0.501. The average molecular weight is 227 g/mol. The molecule has 84 valence electrons. The third-order valence-electron chi connectivity index (χ3n) is 2.71. The average Bonchev–Trinajstić information content (AvgIpc) is 2.75. The van der Waals surface area contributed by atoms with Crippen LogP contribution in [0.4, 0.5) is 10.1 Å². The number of nitrogen functional groups attached to an aromatic ring is 1. The number of benzene rings is 1. The molecule has 0 aliphatic heterocycles. The number of anilines is 1. The molecule has 3 aromatic rings. The minimum Gasteiger partial charge on any atom is -0.397 e. The third kappa shape index (κ3) is 1.54. The van der Waals surface area contributed by atoms with Crippen LogP contribution in [0.3, 0.4) is 0 Å². The van der Waals surface area contributed by atoms with Crippen molar-refractivity contribution in [3.8, 4) is 11.4 Å². The van der Waals surface area contributed by atoms with Crippen molar-refractivity contribution < 1.29 is 4.39 Å². The van der Waals surface area contributed by atoms with Crippen LogP contribution in [0.25, 0.3) is 16.9 Å². The van der Waals surface area contributed by atoms with Gasteiger partial charge in [0.1, 0.15) is 11.6 Å². The SMILES string of the molecule is Nc1cccn2c(-c3ccc(F)cc3)ncc12. The fourth-order valence-electron chi connectivity index (χ4n) is 1.86. The summed E-state index contributed by atoms with van der Waals surface area (Å²) >= 11 is 0. The largest absolute Gasteiger partial charge is 0.397 e. The fraction of sp³-hybridized carbons (Fsp3) is 0. The monoisotopic (exact) mass is 227 g/mol. The molecule has 3 rings (SSSR count). The molecule has 17 heavy (non-hydrogen) atoms. The molecule has 0 saturated carbocycles. The molecule has 2 heterocycles. The Bertz CT molecular complexity index is 671. The molecule has 0 spiro atoms. The van der Waals surface area contributed by atoms with E-state index in [1.165, 1.54) is 12.1 Å². The van der Waals surface area contributed by atoms with Gasteiger partial charge >= 0.3 is 0 Å². The van der Waals surface area contributed by atoms with Crippen molar-refractivity contribution in [2.45, 2.75) is 0 Å². The second-order valence-electron chi connectivity index (χ2n) is 3.81. The molecule has 0 aliphatic carbocycles. The first-order valence-corrected chi connectivity index (χ1v) is 5.23. The molecule has 4 heteroatoms. The Kier molecular flexibility index (Phi) is 2.08. The van der Waals surface area contributed by atoms with Gasteiger partial charge in [0.25, 0.3) is 0 Å². The summed E-state index contributed by atoms with van der Waals surface area (Å²) < 4.78 is 14.8. The molecule has 0 saturated heterocycles. The summed E-state index contributed by atoms with van der Waals surface area (Å²) in [5, 5.41) is 0. The van der Waals surface area contributed by atoms with E-state index in [0.717, 1.165) is 16.9 Å². The lowest BCUT2D eigenvalue weighted by molar-refractivity contribution is 0.628. The van der Waals surface area contributed by atoms with Crippen LogP contribution in [0.5, 0.6) is 0 Å². The lowest BCUT2D eigenvalue weighted by Crippen LogP contribution is -1.92. The second-order valence-corrected chi connectivity index (χ2v) is 3.81. The number of imidazole rings is 1. The van der Waals surface area contributed by atoms with Gasteiger partial charge in [-0.15, -0.1) is 0 Å². The van der Waals surface area contributed by atoms with Gasteiger partial charge in [-0.2, -0.15) is 0 Å². The van der Waals surface area contributed by atoms with Gasteiger partial charge in [-0.25, -0.2) is 9.37 Å². The zero-order valence-corrected chi connectivity index (χ0v) is 8.97. The number of hydrogen-bond acceptors (Lipinski definition) is 2. The standard InChI is InChI=1S/C13H10FN3/c14-10-5-3-9(4-6-10)13-16-8-12-11(15)2-1-7-17(12)13/h1-8H,15H2. The number of halogens is 1. The highest BCUT2D eigenvalue weighted by atomic mass is 19.1. The Balaban J connectivity index is 2.24. The van der Waals surface area contributed by atoms with E-state index in [0.29, 0.717) is 5.69 Å². The quantitative estimate of drug-likeness (QED) is 0.694. The highest BCUT2D eigenvalue weighted by molar-refractivity contribution is 5.73. The van der Waals surface area contributed by atoms with Gasteiger partial charge in [-0.05, 0) is 36.4 Å². The van der Waals surface area contributed by atoms with Crippen LogP contribution in [0.2, 0.25) is 0 Å². The Labute approximate surface area is 97.3 Å². The highest BCUT2D eigenvalue weighted by Crippen LogP contribution is 2.22. The molecule has 0 aliphatic rings. The first-order chi connectivity index (χ1) is 8.25. The maximum Gasteiger partial charge on any atom is 0.144 e. The molecule has 2 N–H and O–H groups in total. The van der Waals surface area contributed by atoms with E-state index in [4.69, 9.17) is 5.73 Å². The van der Waals surface area contributed by atoms with Gasteiger partial charge in [0.2, 0.25) is 0 Å². The van der Waals surface area contributed by atoms with Crippen molar-refractivity contribution in [3.05, 3.63) is 54.6 Å². The summed E-state index contributed by atoms with van der Waals surface area (Å²) in [6.07, 6.45) is 3.60. The Hall–Kier alpha value is -2.36. The van der Waals surface area contributed by atoms with Crippen molar-refractivity contribution in [2.75, 3.05) is 5.73 Å². The van der Waals surface area contributed by atoms with E-state index >= 15 is 0 Å². The van der Waals surface area contributed by atoms with E-state index < -0.39 is 0 Å². The molecule has 0 unspecified atom stereocenters. The van der Waals surface area contributed by atoms with Crippen LogP contribution in [-0.2, 0) is 0 Å². The number of hydrogen-bond donors (Lipinski definition) is 1. The predicted molar refractivity (Wildman–Crippen MR) is 65.0 cm³/mol. The first-order valence-electron chi connectivity index (χ1n) is 5.23. The summed E-state index contributed by atoms with van der Waals surface area (Å²) in [6.45, 7) is 0. The van der Waals surface area contributed by atoms with Crippen LogP contribution in [-0.4, -0.2) is 9.38 Å². The van der Waals surface area contributed by atoms with Gasteiger partial charge in [-0.3, -0.25) is 4.40 Å². The number of fused-ring (bicyclic) bond motifs is 1. The maximum atomic E-state index is 12.9. The predicted octanol–water partition coefficient (Wildman–Crippen LogP) is 2.72. The third-order valence-corrected chi connectivity index (χ3v) is 2.71. The van der Waals surface area contributed by atoms with Crippen LogP contribution >= 0.6 is 0 Å². The molecular formula is C13H10FN3. The number of rotatable bonds is 1. The van der Waals surface area contributed by atoms with Gasteiger partial charge in [0.15, 0.2) is 0 Å². The summed E-state index contributed by atoms with van der Waals surface area (Å²) in [4.78, 5) is 4.32. The molecule has 2 aromatic heterocycles. The van der Waals surface area contributed by atoms with Crippen LogP contribution < -0.4 is 5.73 Å². The lowest BCUT2D eigenvalue weighted by atomic mass is 10.2. The first kappa shape index (κ1) is 9.84. The molecular weight excluding hydrogens is 217 g/mol. The topological polar surface area (TPSA) is 43.3 Å². The normalized spacial score (nSPS) is 10.9. The summed E-state index contributed by atoms with van der Waals surface area (Å²) in [5.41, 5.74) is 8.24. The van der Waals surface area contributed by atoms with E-state index in [9.17, 15) is 4.39 Å². The van der Waals surface area contributed by atoms with Gasteiger partial charge in [0.05, 0.1) is 17.4 Å². The number of nitrogens with two attached hydrogens (primary N) is 1. The van der Waals surface area contributed by atoms with Crippen molar-refractivity contribution in [2.24, 2.45) is 0 Å². The zero-order valence-electron chi connectivity index (χ0n) is 8.97. The Morgan fingerprint density at radius 3 is 2.65 bits per heavy atom.